The molecule has 1 aliphatic rings. The Labute approximate surface area is 132 Å². The van der Waals surface area contributed by atoms with E-state index in [2.05, 4.69) is 42.9 Å². The summed E-state index contributed by atoms with van der Waals surface area (Å²) in [4.78, 5) is 22.6. The highest BCUT2D eigenvalue weighted by molar-refractivity contribution is 5.88. The van der Waals surface area contributed by atoms with E-state index in [4.69, 9.17) is 0 Å². The van der Waals surface area contributed by atoms with Crippen LogP contribution in [0, 0.1) is 0 Å². The Morgan fingerprint density at radius 3 is 3.17 bits per heavy atom. The summed E-state index contributed by atoms with van der Waals surface area (Å²) in [6.45, 7) is 0.643. The van der Waals surface area contributed by atoms with E-state index in [9.17, 15) is 4.79 Å². The number of hydrogen-bond acceptors (Lipinski definition) is 4. The standard InChI is InChI=1S/C16H16N6O/c23-16(22-20-9-15-17-5-6-18-15)13-7-11-10-3-1-2-4-12(10)21-14(11)8-19-13/h1-6,9,13,19,21H,7-8H2,(H,17,18)(H,22,23)/b20-9+/t13-/m0/s1. The molecule has 0 fully saturated rings. The summed E-state index contributed by atoms with van der Waals surface area (Å²) >= 11 is 0. The van der Waals surface area contributed by atoms with Crippen LogP contribution < -0.4 is 10.7 Å². The summed E-state index contributed by atoms with van der Waals surface area (Å²) in [6.07, 6.45) is 5.45. The average molecular weight is 308 g/mol. The van der Waals surface area contributed by atoms with Gasteiger partial charge < -0.3 is 9.97 Å². The summed E-state index contributed by atoms with van der Waals surface area (Å²) < 4.78 is 0. The fraction of sp³-hybridized carbons (Fsp3) is 0.188. The molecule has 4 rings (SSSR count). The summed E-state index contributed by atoms with van der Waals surface area (Å²) in [6, 6.07) is 7.86. The summed E-state index contributed by atoms with van der Waals surface area (Å²) in [5.74, 6) is 0.449. The third kappa shape index (κ3) is 2.62. The van der Waals surface area contributed by atoms with E-state index in [0.29, 0.717) is 18.8 Å². The van der Waals surface area contributed by atoms with E-state index in [0.717, 1.165) is 11.2 Å². The molecule has 1 aromatic carbocycles. The molecule has 1 amide bonds. The number of para-hydroxylation sites is 1. The first kappa shape index (κ1) is 13.7. The minimum absolute atomic E-state index is 0.149. The van der Waals surface area contributed by atoms with Gasteiger partial charge in [-0.25, -0.2) is 10.4 Å². The molecule has 0 saturated heterocycles. The molecule has 0 bridgehead atoms. The second kappa shape index (κ2) is 5.69. The Balaban J connectivity index is 1.48. The first-order chi connectivity index (χ1) is 11.3. The lowest BCUT2D eigenvalue weighted by atomic mass is 9.98. The molecular weight excluding hydrogens is 292 g/mol. The molecule has 3 heterocycles. The molecule has 0 saturated carbocycles. The van der Waals surface area contributed by atoms with Crippen molar-refractivity contribution in [2.24, 2.45) is 5.10 Å². The number of fused-ring (bicyclic) bond motifs is 3. The van der Waals surface area contributed by atoms with Crippen molar-refractivity contribution in [2.45, 2.75) is 19.0 Å². The largest absolute Gasteiger partial charge is 0.357 e. The van der Waals surface area contributed by atoms with Gasteiger partial charge in [-0.15, -0.1) is 0 Å². The van der Waals surface area contributed by atoms with Crippen molar-refractivity contribution >= 4 is 23.0 Å². The van der Waals surface area contributed by atoms with Gasteiger partial charge in [0.05, 0.1) is 12.3 Å². The maximum absolute atomic E-state index is 12.3. The second-order valence-electron chi connectivity index (χ2n) is 5.47. The van der Waals surface area contributed by atoms with Gasteiger partial charge in [-0.2, -0.15) is 5.10 Å². The van der Waals surface area contributed by atoms with Crippen molar-refractivity contribution in [2.75, 3.05) is 0 Å². The van der Waals surface area contributed by atoms with Crippen LogP contribution in [0.3, 0.4) is 0 Å². The number of aromatic nitrogens is 3. The van der Waals surface area contributed by atoms with E-state index in [1.807, 2.05) is 12.1 Å². The highest BCUT2D eigenvalue weighted by atomic mass is 16.2. The molecule has 7 nitrogen and oxygen atoms in total. The van der Waals surface area contributed by atoms with Crippen LogP contribution in [0.1, 0.15) is 17.1 Å². The van der Waals surface area contributed by atoms with Crippen molar-refractivity contribution in [1.82, 2.24) is 25.7 Å². The van der Waals surface area contributed by atoms with Crippen LogP contribution in [-0.4, -0.2) is 33.1 Å². The molecule has 2 aromatic heterocycles. The lowest BCUT2D eigenvalue weighted by Crippen LogP contribution is -2.46. The quantitative estimate of drug-likeness (QED) is 0.430. The molecule has 1 atom stereocenters. The molecule has 1 aliphatic heterocycles. The number of nitrogens with zero attached hydrogens (tertiary/aromatic N) is 2. The predicted molar refractivity (Wildman–Crippen MR) is 87.0 cm³/mol. The first-order valence-electron chi connectivity index (χ1n) is 7.45. The number of nitrogens with one attached hydrogen (secondary N) is 4. The highest BCUT2D eigenvalue weighted by Crippen LogP contribution is 2.26. The van der Waals surface area contributed by atoms with E-state index < -0.39 is 0 Å². The van der Waals surface area contributed by atoms with Gasteiger partial charge in [0.25, 0.3) is 5.91 Å². The number of hydrazone groups is 1. The summed E-state index contributed by atoms with van der Waals surface area (Å²) in [7, 11) is 0. The Morgan fingerprint density at radius 2 is 2.30 bits per heavy atom. The van der Waals surface area contributed by atoms with Crippen LogP contribution in [0.15, 0.2) is 41.8 Å². The van der Waals surface area contributed by atoms with E-state index in [1.54, 1.807) is 12.4 Å². The van der Waals surface area contributed by atoms with Gasteiger partial charge in [0.2, 0.25) is 0 Å². The van der Waals surface area contributed by atoms with Crippen molar-refractivity contribution < 1.29 is 4.79 Å². The Bertz CT molecular complexity index is 864. The second-order valence-corrected chi connectivity index (χ2v) is 5.47. The monoisotopic (exact) mass is 308 g/mol. The van der Waals surface area contributed by atoms with Gasteiger partial charge in [-0.1, -0.05) is 18.2 Å². The Kier molecular flexibility index (Phi) is 3.39. The maximum atomic E-state index is 12.3. The van der Waals surface area contributed by atoms with Gasteiger partial charge in [0, 0.05) is 35.5 Å². The predicted octanol–water partition coefficient (Wildman–Crippen LogP) is 1.06. The van der Waals surface area contributed by atoms with Crippen LogP contribution in [0.4, 0.5) is 0 Å². The smallest absolute Gasteiger partial charge is 0.257 e. The van der Waals surface area contributed by atoms with Gasteiger partial charge in [0.15, 0.2) is 0 Å². The molecule has 0 radical (unpaired) electrons. The fourth-order valence-corrected chi connectivity index (χ4v) is 2.91. The van der Waals surface area contributed by atoms with Crippen molar-refractivity contribution in [1.29, 1.82) is 0 Å². The third-order valence-corrected chi connectivity index (χ3v) is 4.03. The number of H-pyrrole nitrogens is 2. The summed E-state index contributed by atoms with van der Waals surface area (Å²) in [5.41, 5.74) is 6.02. The molecule has 0 spiro atoms. The third-order valence-electron chi connectivity index (χ3n) is 4.03. The molecule has 116 valence electrons. The molecule has 23 heavy (non-hydrogen) atoms. The average Bonchev–Trinajstić information content (AvgIpc) is 3.21. The van der Waals surface area contributed by atoms with Gasteiger partial charge in [-0.05, 0) is 18.1 Å². The molecule has 0 aliphatic carbocycles. The summed E-state index contributed by atoms with van der Waals surface area (Å²) in [5, 5.41) is 8.35. The van der Waals surface area contributed by atoms with E-state index in [-0.39, 0.29) is 11.9 Å². The lowest BCUT2D eigenvalue weighted by molar-refractivity contribution is -0.123. The highest BCUT2D eigenvalue weighted by Gasteiger charge is 2.26. The normalized spacial score (nSPS) is 17.5. The van der Waals surface area contributed by atoms with Crippen molar-refractivity contribution in [3.8, 4) is 0 Å². The number of carbonyl (C=O) groups is 1. The van der Waals surface area contributed by atoms with Gasteiger partial charge in [0.1, 0.15) is 5.82 Å². The Hall–Kier alpha value is -2.93. The fourth-order valence-electron chi connectivity index (χ4n) is 2.91. The SMILES string of the molecule is O=C(N/N=C/c1ncc[nH]1)[C@@H]1Cc2c([nH]c3ccccc23)CN1. The Morgan fingerprint density at radius 1 is 1.39 bits per heavy atom. The van der Waals surface area contributed by atoms with Gasteiger partial charge >= 0.3 is 0 Å². The van der Waals surface area contributed by atoms with Gasteiger partial charge in [-0.3, -0.25) is 10.1 Å². The van der Waals surface area contributed by atoms with Crippen LogP contribution in [0.2, 0.25) is 0 Å². The number of aromatic amines is 2. The van der Waals surface area contributed by atoms with Crippen LogP contribution in [-0.2, 0) is 17.8 Å². The number of benzene rings is 1. The number of amides is 1. The topological polar surface area (TPSA) is 98.0 Å². The molecule has 4 N–H and O–H groups in total. The first-order valence-corrected chi connectivity index (χ1v) is 7.45. The van der Waals surface area contributed by atoms with E-state index >= 15 is 0 Å². The number of imidazole rings is 1. The van der Waals surface area contributed by atoms with E-state index in [1.165, 1.54) is 17.2 Å². The zero-order chi connectivity index (χ0) is 15.6. The van der Waals surface area contributed by atoms with Crippen molar-refractivity contribution in [3.05, 3.63) is 53.7 Å². The minimum Gasteiger partial charge on any atom is -0.357 e. The molecular formula is C16H16N6O. The maximum Gasteiger partial charge on any atom is 0.257 e. The van der Waals surface area contributed by atoms with Crippen molar-refractivity contribution in [3.63, 3.8) is 0 Å². The molecule has 7 heteroatoms. The van der Waals surface area contributed by atoms with Crippen LogP contribution >= 0.6 is 0 Å². The lowest BCUT2D eigenvalue weighted by Gasteiger charge is -2.22. The minimum atomic E-state index is -0.296. The molecule has 3 aromatic rings. The van der Waals surface area contributed by atoms with Crippen LogP contribution in [0.25, 0.3) is 10.9 Å². The zero-order valence-corrected chi connectivity index (χ0v) is 12.3. The number of rotatable bonds is 3. The molecule has 0 unspecified atom stereocenters. The number of carbonyl (C=O) groups excluding carboxylic acids is 1. The number of hydrogen-bond donors (Lipinski definition) is 4. The van der Waals surface area contributed by atoms with Crippen LogP contribution in [0.5, 0.6) is 0 Å². The zero-order valence-electron chi connectivity index (χ0n) is 12.3.